The van der Waals surface area contributed by atoms with E-state index in [1.54, 1.807) is 0 Å². The summed E-state index contributed by atoms with van der Waals surface area (Å²) in [6.45, 7) is 2.37. The van der Waals surface area contributed by atoms with Crippen molar-refractivity contribution in [2.75, 3.05) is 7.05 Å². The molecule has 0 amide bonds. The Morgan fingerprint density at radius 2 is 1.78 bits per heavy atom. The highest BCUT2D eigenvalue weighted by molar-refractivity contribution is 7.80. The minimum atomic E-state index is 0.634. The van der Waals surface area contributed by atoms with Crippen molar-refractivity contribution >= 4 is 17.3 Å². The Balaban J connectivity index is 1.79. The quantitative estimate of drug-likeness (QED) is 0.769. The lowest BCUT2D eigenvalue weighted by Crippen LogP contribution is -2.48. The van der Waals surface area contributed by atoms with Crippen LogP contribution in [0.2, 0.25) is 0 Å². The van der Waals surface area contributed by atoms with E-state index >= 15 is 0 Å². The van der Waals surface area contributed by atoms with Crippen LogP contribution in [0.15, 0.2) is 0 Å². The Morgan fingerprint density at radius 1 is 1.06 bits per heavy atom. The zero-order valence-corrected chi connectivity index (χ0v) is 12.8. The number of rotatable bonds is 2. The molecule has 2 rings (SSSR count). The Morgan fingerprint density at radius 3 is 2.44 bits per heavy atom. The van der Waals surface area contributed by atoms with Gasteiger partial charge in [-0.15, -0.1) is 0 Å². The highest BCUT2D eigenvalue weighted by Gasteiger charge is 2.25. The van der Waals surface area contributed by atoms with Crippen molar-refractivity contribution in [2.24, 2.45) is 5.92 Å². The van der Waals surface area contributed by atoms with E-state index in [4.69, 9.17) is 12.2 Å². The molecule has 0 aliphatic heterocycles. The summed E-state index contributed by atoms with van der Waals surface area (Å²) in [5.41, 5.74) is 0. The van der Waals surface area contributed by atoms with Crippen LogP contribution in [-0.4, -0.2) is 29.1 Å². The van der Waals surface area contributed by atoms with Gasteiger partial charge in [-0.3, -0.25) is 0 Å². The predicted molar refractivity (Wildman–Crippen MR) is 81.8 cm³/mol. The molecule has 0 aromatic rings. The van der Waals surface area contributed by atoms with Crippen molar-refractivity contribution in [2.45, 2.75) is 76.8 Å². The van der Waals surface area contributed by atoms with Gasteiger partial charge in [-0.05, 0) is 43.8 Å². The topological polar surface area (TPSA) is 15.3 Å². The van der Waals surface area contributed by atoms with Crippen molar-refractivity contribution in [3.8, 4) is 0 Å². The molecule has 2 fully saturated rings. The van der Waals surface area contributed by atoms with Crippen molar-refractivity contribution in [3.63, 3.8) is 0 Å². The first-order chi connectivity index (χ1) is 8.66. The maximum atomic E-state index is 5.59. The molecule has 2 aliphatic carbocycles. The molecule has 3 heteroatoms. The minimum absolute atomic E-state index is 0.634. The molecule has 0 saturated heterocycles. The van der Waals surface area contributed by atoms with E-state index in [-0.39, 0.29) is 0 Å². The number of hydrogen-bond acceptors (Lipinski definition) is 1. The summed E-state index contributed by atoms with van der Waals surface area (Å²) in [6, 6.07) is 1.30. The monoisotopic (exact) mass is 268 g/mol. The number of thiocarbonyl (C=S) groups is 1. The van der Waals surface area contributed by atoms with Crippen molar-refractivity contribution < 1.29 is 0 Å². The van der Waals surface area contributed by atoms with Gasteiger partial charge < -0.3 is 10.2 Å². The molecule has 2 nitrogen and oxygen atoms in total. The van der Waals surface area contributed by atoms with Crippen LogP contribution in [0.4, 0.5) is 0 Å². The van der Waals surface area contributed by atoms with E-state index in [0.29, 0.717) is 12.1 Å². The summed E-state index contributed by atoms with van der Waals surface area (Å²) >= 11 is 5.59. The molecule has 0 aromatic carbocycles. The molecule has 0 heterocycles. The van der Waals surface area contributed by atoms with Crippen LogP contribution < -0.4 is 5.32 Å². The molecule has 2 atom stereocenters. The van der Waals surface area contributed by atoms with Gasteiger partial charge in [0.25, 0.3) is 0 Å². The summed E-state index contributed by atoms with van der Waals surface area (Å²) < 4.78 is 0. The van der Waals surface area contributed by atoms with Gasteiger partial charge >= 0.3 is 0 Å². The summed E-state index contributed by atoms with van der Waals surface area (Å²) in [5.74, 6) is 0.865. The third-order valence-electron chi connectivity index (χ3n) is 4.71. The number of nitrogens with zero attached hydrogens (tertiary/aromatic N) is 1. The fourth-order valence-electron chi connectivity index (χ4n) is 3.44. The largest absolute Gasteiger partial charge is 0.360 e. The van der Waals surface area contributed by atoms with E-state index < -0.39 is 0 Å². The van der Waals surface area contributed by atoms with Gasteiger partial charge in [-0.2, -0.15) is 0 Å². The van der Waals surface area contributed by atoms with Crippen LogP contribution in [0, 0.1) is 5.92 Å². The Bertz CT molecular complexity index is 274. The predicted octanol–water partition coefficient (Wildman–Crippen LogP) is 3.70. The third kappa shape index (κ3) is 3.84. The molecule has 0 spiro atoms. The molecule has 2 saturated carbocycles. The lowest BCUT2D eigenvalue weighted by molar-refractivity contribution is 0.227. The zero-order valence-electron chi connectivity index (χ0n) is 12.0. The molecule has 0 bridgehead atoms. The van der Waals surface area contributed by atoms with Gasteiger partial charge in [0.2, 0.25) is 0 Å². The van der Waals surface area contributed by atoms with Gasteiger partial charge in [0.05, 0.1) is 0 Å². The zero-order chi connectivity index (χ0) is 13.0. The SMILES string of the molecule is CC1CCCC(N(C)C(=S)NC2CCCCC2)C1. The Labute approximate surface area is 118 Å². The van der Waals surface area contributed by atoms with Crippen LogP contribution >= 0.6 is 12.2 Å². The molecule has 2 unspecified atom stereocenters. The second-order valence-electron chi connectivity index (χ2n) is 6.32. The highest BCUT2D eigenvalue weighted by Crippen LogP contribution is 2.27. The summed E-state index contributed by atoms with van der Waals surface area (Å²) in [4.78, 5) is 2.33. The average molecular weight is 268 g/mol. The number of nitrogens with one attached hydrogen (secondary N) is 1. The standard InChI is InChI=1S/C15H28N2S/c1-12-7-6-10-14(11-12)17(2)15(18)16-13-8-4-3-5-9-13/h12-14H,3-11H2,1-2H3,(H,16,18). The molecule has 104 valence electrons. The third-order valence-corrected chi connectivity index (χ3v) is 5.12. The Kier molecular flexibility index (Phi) is 5.28. The van der Waals surface area contributed by atoms with E-state index in [1.807, 2.05) is 0 Å². The normalized spacial score (nSPS) is 29.9. The summed E-state index contributed by atoms with van der Waals surface area (Å²) in [5, 5.41) is 4.58. The average Bonchev–Trinajstić information content (AvgIpc) is 2.39. The Hall–Kier alpha value is -0.310. The van der Waals surface area contributed by atoms with Gasteiger partial charge in [0.1, 0.15) is 0 Å². The maximum Gasteiger partial charge on any atom is 0.169 e. The van der Waals surface area contributed by atoms with E-state index in [9.17, 15) is 0 Å². The fraction of sp³-hybridized carbons (Fsp3) is 0.933. The van der Waals surface area contributed by atoms with Crippen LogP contribution in [-0.2, 0) is 0 Å². The molecule has 0 radical (unpaired) electrons. The molecule has 2 aliphatic rings. The molecule has 18 heavy (non-hydrogen) atoms. The van der Waals surface area contributed by atoms with E-state index in [1.165, 1.54) is 57.8 Å². The molecular formula is C15H28N2S. The van der Waals surface area contributed by atoms with Crippen LogP contribution in [0.3, 0.4) is 0 Å². The lowest BCUT2D eigenvalue weighted by Gasteiger charge is -2.37. The fourth-order valence-corrected chi connectivity index (χ4v) is 3.76. The van der Waals surface area contributed by atoms with Gasteiger partial charge in [0, 0.05) is 19.1 Å². The summed E-state index contributed by atoms with van der Waals surface area (Å²) in [6.07, 6.45) is 12.1. The highest BCUT2D eigenvalue weighted by atomic mass is 32.1. The molecular weight excluding hydrogens is 240 g/mol. The first-order valence-corrected chi connectivity index (χ1v) is 8.11. The smallest absolute Gasteiger partial charge is 0.169 e. The van der Waals surface area contributed by atoms with Gasteiger partial charge in [0.15, 0.2) is 5.11 Å². The summed E-state index contributed by atoms with van der Waals surface area (Å²) in [7, 11) is 2.18. The first kappa shape index (κ1) is 14.1. The first-order valence-electron chi connectivity index (χ1n) is 7.70. The van der Waals surface area contributed by atoms with E-state index in [0.717, 1.165) is 11.0 Å². The van der Waals surface area contributed by atoms with Crippen LogP contribution in [0.1, 0.15) is 64.7 Å². The van der Waals surface area contributed by atoms with Crippen LogP contribution in [0.25, 0.3) is 0 Å². The second kappa shape index (κ2) is 6.74. The number of hydrogen-bond donors (Lipinski definition) is 1. The van der Waals surface area contributed by atoms with Crippen molar-refractivity contribution in [1.29, 1.82) is 0 Å². The molecule has 1 N–H and O–H groups in total. The van der Waals surface area contributed by atoms with Crippen molar-refractivity contribution in [3.05, 3.63) is 0 Å². The van der Waals surface area contributed by atoms with Crippen LogP contribution in [0.5, 0.6) is 0 Å². The molecule has 0 aromatic heterocycles. The van der Waals surface area contributed by atoms with Crippen molar-refractivity contribution in [1.82, 2.24) is 10.2 Å². The van der Waals surface area contributed by atoms with E-state index in [2.05, 4.69) is 24.2 Å². The second-order valence-corrected chi connectivity index (χ2v) is 6.71. The minimum Gasteiger partial charge on any atom is -0.360 e. The lowest BCUT2D eigenvalue weighted by atomic mass is 9.86. The van der Waals surface area contributed by atoms with Gasteiger partial charge in [-0.1, -0.05) is 39.0 Å². The van der Waals surface area contributed by atoms with Gasteiger partial charge in [-0.25, -0.2) is 0 Å². The maximum absolute atomic E-state index is 5.59.